The highest BCUT2D eigenvalue weighted by Crippen LogP contribution is 2.44. The lowest BCUT2D eigenvalue weighted by molar-refractivity contribution is 0.456. The molecule has 0 bridgehead atoms. The zero-order chi connectivity index (χ0) is 10.3. The topological polar surface area (TPSA) is 46.2 Å². The molecule has 3 N–H and O–H groups in total. The highest BCUT2D eigenvalue weighted by molar-refractivity contribution is 6.35. The maximum atomic E-state index is 9.70. The van der Waals surface area contributed by atoms with Gasteiger partial charge in [0.25, 0.3) is 0 Å². The van der Waals surface area contributed by atoms with E-state index in [1.165, 1.54) is 6.07 Å². The summed E-state index contributed by atoms with van der Waals surface area (Å²) in [4.78, 5) is 0. The Balaban J connectivity index is 0.00000112. The Morgan fingerprint density at radius 1 is 1.33 bits per heavy atom. The van der Waals surface area contributed by atoms with Crippen molar-refractivity contribution in [3.8, 4) is 5.75 Å². The number of aromatic hydroxyl groups is 1. The smallest absolute Gasteiger partial charge is 0.139 e. The molecule has 15 heavy (non-hydrogen) atoms. The van der Waals surface area contributed by atoms with E-state index in [-0.39, 0.29) is 29.2 Å². The molecular weight excluding hydrogens is 256 g/mol. The highest BCUT2D eigenvalue weighted by atomic mass is 35.5. The van der Waals surface area contributed by atoms with E-state index in [2.05, 4.69) is 0 Å². The van der Waals surface area contributed by atoms with Crippen molar-refractivity contribution < 1.29 is 5.11 Å². The maximum Gasteiger partial charge on any atom is 0.139 e. The number of halogens is 3. The normalized spacial score (nSPS) is 17.0. The summed E-state index contributed by atoms with van der Waals surface area (Å²) in [5.41, 5.74) is 6.62. The summed E-state index contributed by atoms with van der Waals surface area (Å²) < 4.78 is 0. The van der Waals surface area contributed by atoms with Crippen LogP contribution in [-0.2, 0) is 0 Å². The highest BCUT2D eigenvalue weighted by Gasteiger charge is 2.31. The van der Waals surface area contributed by atoms with Crippen LogP contribution in [0.1, 0.15) is 24.4 Å². The standard InChI is InChI=1S/C10H11Cl2NO.ClH/c11-6-3-7(9(13)5-1-2-5)10(14)8(12)4-6;/h3-5,9,14H,1-2,13H2;1H/t9-;/m0./s1. The SMILES string of the molecule is Cl.N[C@H](c1cc(Cl)cc(Cl)c1O)C1CC1. The molecule has 1 fully saturated rings. The molecule has 2 nitrogen and oxygen atoms in total. The van der Waals surface area contributed by atoms with Gasteiger partial charge in [0, 0.05) is 16.6 Å². The van der Waals surface area contributed by atoms with E-state index in [9.17, 15) is 5.11 Å². The zero-order valence-electron chi connectivity index (χ0n) is 7.91. The van der Waals surface area contributed by atoms with Crippen LogP contribution >= 0.6 is 35.6 Å². The van der Waals surface area contributed by atoms with Gasteiger partial charge in [0.15, 0.2) is 0 Å². The number of hydrogen-bond acceptors (Lipinski definition) is 2. The summed E-state index contributed by atoms with van der Waals surface area (Å²) in [6.45, 7) is 0. The summed E-state index contributed by atoms with van der Waals surface area (Å²) >= 11 is 11.6. The molecule has 1 aliphatic carbocycles. The Morgan fingerprint density at radius 2 is 1.93 bits per heavy atom. The van der Waals surface area contributed by atoms with Crippen LogP contribution in [0.15, 0.2) is 12.1 Å². The van der Waals surface area contributed by atoms with Gasteiger partial charge in [0.2, 0.25) is 0 Å². The number of phenolic OH excluding ortho intramolecular Hbond substituents is 1. The molecule has 0 aromatic heterocycles. The fraction of sp³-hybridized carbons (Fsp3) is 0.400. The van der Waals surface area contributed by atoms with Gasteiger partial charge < -0.3 is 10.8 Å². The van der Waals surface area contributed by atoms with Crippen LogP contribution in [-0.4, -0.2) is 5.11 Å². The third kappa shape index (κ3) is 2.70. The van der Waals surface area contributed by atoms with Gasteiger partial charge in [-0.05, 0) is 30.9 Å². The molecule has 0 aliphatic heterocycles. The molecule has 1 aromatic carbocycles. The molecule has 2 rings (SSSR count). The van der Waals surface area contributed by atoms with E-state index in [0.717, 1.165) is 12.8 Å². The average Bonchev–Trinajstić information content (AvgIpc) is 2.93. The van der Waals surface area contributed by atoms with Crippen LogP contribution in [0.3, 0.4) is 0 Å². The fourth-order valence-electron chi connectivity index (χ4n) is 1.55. The van der Waals surface area contributed by atoms with Crippen molar-refractivity contribution in [2.24, 2.45) is 11.7 Å². The van der Waals surface area contributed by atoms with E-state index in [1.807, 2.05) is 0 Å². The minimum absolute atomic E-state index is 0. The van der Waals surface area contributed by atoms with Crippen LogP contribution in [0.2, 0.25) is 10.0 Å². The Labute approximate surface area is 105 Å². The van der Waals surface area contributed by atoms with Crippen LogP contribution < -0.4 is 5.73 Å². The van der Waals surface area contributed by atoms with Crippen LogP contribution in [0.5, 0.6) is 5.75 Å². The van der Waals surface area contributed by atoms with Crippen molar-refractivity contribution in [1.82, 2.24) is 0 Å². The third-order valence-corrected chi connectivity index (χ3v) is 3.05. The molecule has 84 valence electrons. The zero-order valence-corrected chi connectivity index (χ0v) is 10.2. The molecule has 0 saturated heterocycles. The second-order valence-corrected chi connectivity index (χ2v) is 4.53. The Hall–Kier alpha value is -0.150. The monoisotopic (exact) mass is 267 g/mol. The molecule has 0 heterocycles. The van der Waals surface area contributed by atoms with Gasteiger partial charge >= 0.3 is 0 Å². The molecular formula is C10H12Cl3NO. The van der Waals surface area contributed by atoms with Gasteiger partial charge in [0.05, 0.1) is 5.02 Å². The van der Waals surface area contributed by atoms with Crippen molar-refractivity contribution in [3.05, 3.63) is 27.7 Å². The average molecular weight is 269 g/mol. The number of rotatable bonds is 2. The van der Waals surface area contributed by atoms with Gasteiger partial charge in [-0.3, -0.25) is 0 Å². The summed E-state index contributed by atoms with van der Waals surface area (Å²) in [6.07, 6.45) is 2.23. The van der Waals surface area contributed by atoms with Gasteiger partial charge in [-0.2, -0.15) is 0 Å². The lowest BCUT2D eigenvalue weighted by atomic mass is 10.0. The van der Waals surface area contributed by atoms with Crippen molar-refractivity contribution >= 4 is 35.6 Å². The van der Waals surface area contributed by atoms with E-state index in [4.69, 9.17) is 28.9 Å². The fourth-order valence-corrected chi connectivity index (χ4v) is 2.06. The van der Waals surface area contributed by atoms with E-state index >= 15 is 0 Å². The number of hydrogen-bond donors (Lipinski definition) is 2. The predicted molar refractivity (Wildman–Crippen MR) is 65.0 cm³/mol. The Morgan fingerprint density at radius 3 is 2.47 bits per heavy atom. The van der Waals surface area contributed by atoms with E-state index < -0.39 is 0 Å². The van der Waals surface area contributed by atoms with Gasteiger partial charge in [-0.1, -0.05) is 23.2 Å². The van der Waals surface area contributed by atoms with Gasteiger partial charge in [-0.15, -0.1) is 12.4 Å². The minimum atomic E-state index is -0.147. The first kappa shape index (κ1) is 12.9. The summed E-state index contributed by atoms with van der Waals surface area (Å²) in [5, 5.41) is 10.5. The van der Waals surface area contributed by atoms with Crippen LogP contribution in [0, 0.1) is 5.92 Å². The van der Waals surface area contributed by atoms with E-state index in [1.54, 1.807) is 6.07 Å². The second kappa shape index (κ2) is 4.79. The molecule has 5 heteroatoms. The summed E-state index contributed by atoms with van der Waals surface area (Å²) in [7, 11) is 0. The molecule has 1 saturated carbocycles. The quantitative estimate of drug-likeness (QED) is 0.862. The van der Waals surface area contributed by atoms with Crippen LogP contribution in [0.25, 0.3) is 0 Å². The van der Waals surface area contributed by atoms with Crippen molar-refractivity contribution in [2.45, 2.75) is 18.9 Å². The second-order valence-electron chi connectivity index (χ2n) is 3.69. The number of nitrogens with two attached hydrogens (primary N) is 1. The first-order valence-electron chi connectivity index (χ1n) is 4.53. The van der Waals surface area contributed by atoms with Gasteiger partial charge in [-0.25, -0.2) is 0 Å². The van der Waals surface area contributed by atoms with Crippen LogP contribution in [0.4, 0.5) is 0 Å². The molecule has 1 aromatic rings. The molecule has 0 radical (unpaired) electrons. The minimum Gasteiger partial charge on any atom is -0.506 e. The molecule has 0 unspecified atom stereocenters. The van der Waals surface area contributed by atoms with E-state index in [0.29, 0.717) is 16.5 Å². The lowest BCUT2D eigenvalue weighted by Gasteiger charge is -2.13. The largest absolute Gasteiger partial charge is 0.506 e. The maximum absolute atomic E-state index is 9.70. The molecule has 1 aliphatic rings. The summed E-state index contributed by atoms with van der Waals surface area (Å²) in [5.74, 6) is 0.533. The number of benzene rings is 1. The third-order valence-electron chi connectivity index (χ3n) is 2.55. The molecule has 0 spiro atoms. The van der Waals surface area contributed by atoms with Crippen molar-refractivity contribution in [3.63, 3.8) is 0 Å². The molecule has 1 atom stereocenters. The Kier molecular flexibility index (Phi) is 4.13. The first-order valence-corrected chi connectivity index (χ1v) is 5.28. The van der Waals surface area contributed by atoms with Gasteiger partial charge in [0.1, 0.15) is 5.75 Å². The predicted octanol–water partition coefficient (Wildman–Crippen LogP) is 3.53. The van der Waals surface area contributed by atoms with Crippen molar-refractivity contribution in [2.75, 3.05) is 0 Å². The lowest BCUT2D eigenvalue weighted by Crippen LogP contribution is -2.12. The first-order chi connectivity index (χ1) is 6.59. The summed E-state index contributed by atoms with van der Waals surface area (Å²) in [6, 6.07) is 3.05. The number of phenols is 1. The molecule has 0 amide bonds. The Bertz CT molecular complexity index is 366. The van der Waals surface area contributed by atoms with Crippen molar-refractivity contribution in [1.29, 1.82) is 0 Å².